The van der Waals surface area contributed by atoms with Gasteiger partial charge in [0, 0.05) is 12.6 Å². The van der Waals surface area contributed by atoms with Crippen molar-refractivity contribution in [1.29, 1.82) is 0 Å². The Kier molecular flexibility index (Phi) is 4.98. The highest BCUT2D eigenvalue weighted by Crippen LogP contribution is 2.04. The predicted molar refractivity (Wildman–Crippen MR) is 65.0 cm³/mol. The van der Waals surface area contributed by atoms with Gasteiger partial charge in [0.25, 0.3) is 5.91 Å². The SMILES string of the molecule is COC(=O)/C=C/CNC(=O)c1cc(C)nnc1C. The molecule has 0 aliphatic heterocycles. The van der Waals surface area contributed by atoms with Gasteiger partial charge in [-0.15, -0.1) is 0 Å². The highest BCUT2D eigenvalue weighted by atomic mass is 16.5. The van der Waals surface area contributed by atoms with Crippen LogP contribution in [0, 0.1) is 13.8 Å². The molecule has 0 spiro atoms. The van der Waals surface area contributed by atoms with Crippen molar-refractivity contribution in [2.45, 2.75) is 13.8 Å². The summed E-state index contributed by atoms with van der Waals surface area (Å²) >= 11 is 0. The summed E-state index contributed by atoms with van der Waals surface area (Å²) in [5.74, 6) is -0.707. The first kappa shape index (κ1) is 13.8. The van der Waals surface area contributed by atoms with E-state index in [4.69, 9.17) is 0 Å². The molecule has 0 aliphatic rings. The number of nitrogens with one attached hydrogen (secondary N) is 1. The summed E-state index contributed by atoms with van der Waals surface area (Å²) in [6.07, 6.45) is 2.77. The fourth-order valence-electron chi connectivity index (χ4n) is 1.25. The molecule has 1 aromatic heterocycles. The van der Waals surface area contributed by atoms with E-state index in [-0.39, 0.29) is 12.5 Å². The summed E-state index contributed by atoms with van der Waals surface area (Å²) in [5.41, 5.74) is 1.72. The number of hydrogen-bond acceptors (Lipinski definition) is 5. The van der Waals surface area contributed by atoms with E-state index in [0.717, 1.165) is 0 Å². The number of aryl methyl sites for hydroxylation is 2. The third-order valence-electron chi connectivity index (χ3n) is 2.18. The van der Waals surface area contributed by atoms with Gasteiger partial charge in [0.1, 0.15) is 0 Å². The van der Waals surface area contributed by atoms with E-state index in [2.05, 4.69) is 20.3 Å². The molecule has 0 unspecified atom stereocenters. The van der Waals surface area contributed by atoms with Gasteiger partial charge >= 0.3 is 5.97 Å². The molecule has 0 saturated carbocycles. The van der Waals surface area contributed by atoms with Crippen molar-refractivity contribution in [3.05, 3.63) is 35.2 Å². The number of hydrogen-bond donors (Lipinski definition) is 1. The first-order valence-electron chi connectivity index (χ1n) is 5.38. The van der Waals surface area contributed by atoms with Gasteiger partial charge in [-0.1, -0.05) is 6.08 Å². The Morgan fingerprint density at radius 1 is 1.39 bits per heavy atom. The van der Waals surface area contributed by atoms with Crippen molar-refractivity contribution >= 4 is 11.9 Å². The molecule has 1 heterocycles. The molecular formula is C12H15N3O3. The zero-order valence-corrected chi connectivity index (χ0v) is 10.6. The smallest absolute Gasteiger partial charge is 0.330 e. The van der Waals surface area contributed by atoms with Gasteiger partial charge in [0.05, 0.1) is 24.1 Å². The third-order valence-corrected chi connectivity index (χ3v) is 2.18. The molecule has 1 aromatic rings. The van der Waals surface area contributed by atoms with Gasteiger partial charge in [0.2, 0.25) is 0 Å². The molecule has 6 nitrogen and oxygen atoms in total. The van der Waals surface area contributed by atoms with Crippen LogP contribution in [0.5, 0.6) is 0 Å². The van der Waals surface area contributed by atoms with Crippen LogP contribution < -0.4 is 5.32 Å². The number of methoxy groups -OCH3 is 1. The van der Waals surface area contributed by atoms with Crippen LogP contribution in [0.3, 0.4) is 0 Å². The van der Waals surface area contributed by atoms with Gasteiger partial charge < -0.3 is 10.1 Å². The first-order valence-corrected chi connectivity index (χ1v) is 5.38. The molecule has 6 heteroatoms. The Hall–Kier alpha value is -2.24. The molecule has 1 amide bonds. The highest BCUT2D eigenvalue weighted by Gasteiger charge is 2.09. The van der Waals surface area contributed by atoms with E-state index in [0.29, 0.717) is 17.0 Å². The molecule has 0 aromatic carbocycles. The summed E-state index contributed by atoms with van der Waals surface area (Å²) in [7, 11) is 1.29. The fraction of sp³-hybridized carbons (Fsp3) is 0.333. The maximum Gasteiger partial charge on any atom is 0.330 e. The summed E-state index contributed by atoms with van der Waals surface area (Å²) in [6.45, 7) is 3.72. The van der Waals surface area contributed by atoms with E-state index in [1.165, 1.54) is 19.3 Å². The predicted octanol–water partition coefficient (Wildman–Crippen LogP) is 0.552. The van der Waals surface area contributed by atoms with Crippen LogP contribution in [0.25, 0.3) is 0 Å². The van der Waals surface area contributed by atoms with Crippen molar-refractivity contribution in [2.75, 3.05) is 13.7 Å². The second-order valence-corrected chi connectivity index (χ2v) is 3.62. The van der Waals surface area contributed by atoms with E-state index in [1.807, 2.05) is 0 Å². The van der Waals surface area contributed by atoms with Crippen LogP contribution in [-0.4, -0.2) is 35.7 Å². The van der Waals surface area contributed by atoms with E-state index < -0.39 is 5.97 Å². The second kappa shape index (κ2) is 6.48. The number of rotatable bonds is 4. The van der Waals surface area contributed by atoms with E-state index in [9.17, 15) is 9.59 Å². The summed E-state index contributed by atoms with van der Waals surface area (Å²) in [5, 5.41) is 10.4. The monoisotopic (exact) mass is 249 g/mol. The number of carbonyl (C=O) groups is 2. The number of nitrogens with zero attached hydrogens (tertiary/aromatic N) is 2. The minimum absolute atomic E-state index is 0.245. The van der Waals surface area contributed by atoms with Crippen LogP contribution in [0.2, 0.25) is 0 Å². The molecule has 0 saturated heterocycles. The Balaban J connectivity index is 2.58. The van der Waals surface area contributed by atoms with Crippen LogP contribution in [0.15, 0.2) is 18.2 Å². The molecule has 18 heavy (non-hydrogen) atoms. The summed E-state index contributed by atoms with van der Waals surface area (Å²) in [6, 6.07) is 1.67. The summed E-state index contributed by atoms with van der Waals surface area (Å²) in [4.78, 5) is 22.6. The normalized spacial score (nSPS) is 10.4. The lowest BCUT2D eigenvalue weighted by atomic mass is 10.2. The lowest BCUT2D eigenvalue weighted by molar-refractivity contribution is -0.134. The van der Waals surface area contributed by atoms with Gasteiger partial charge in [-0.05, 0) is 19.9 Å². The zero-order chi connectivity index (χ0) is 13.5. The summed E-state index contributed by atoms with van der Waals surface area (Å²) < 4.78 is 4.42. The Morgan fingerprint density at radius 2 is 2.11 bits per heavy atom. The molecule has 0 bridgehead atoms. The molecular weight excluding hydrogens is 234 g/mol. The van der Waals surface area contributed by atoms with E-state index in [1.54, 1.807) is 19.9 Å². The third kappa shape index (κ3) is 3.97. The lowest BCUT2D eigenvalue weighted by Gasteiger charge is -2.05. The number of ether oxygens (including phenoxy) is 1. The average Bonchev–Trinajstić information content (AvgIpc) is 2.36. The van der Waals surface area contributed by atoms with Crippen molar-refractivity contribution in [2.24, 2.45) is 0 Å². The molecule has 0 aliphatic carbocycles. The Morgan fingerprint density at radius 3 is 2.78 bits per heavy atom. The molecule has 96 valence electrons. The zero-order valence-electron chi connectivity index (χ0n) is 10.6. The molecule has 1 N–H and O–H groups in total. The van der Waals surface area contributed by atoms with Crippen molar-refractivity contribution in [3.8, 4) is 0 Å². The van der Waals surface area contributed by atoms with Gasteiger partial charge in [0.15, 0.2) is 0 Å². The molecule has 0 radical (unpaired) electrons. The van der Waals surface area contributed by atoms with Gasteiger partial charge in [-0.25, -0.2) is 4.79 Å². The average molecular weight is 249 g/mol. The second-order valence-electron chi connectivity index (χ2n) is 3.62. The number of esters is 1. The number of amides is 1. The molecule has 1 rings (SSSR count). The Labute approximate surface area is 105 Å². The Bertz CT molecular complexity index is 483. The molecule has 0 fully saturated rings. The maximum absolute atomic E-state index is 11.8. The van der Waals surface area contributed by atoms with Crippen LogP contribution in [0.1, 0.15) is 21.7 Å². The highest BCUT2D eigenvalue weighted by molar-refractivity contribution is 5.95. The minimum Gasteiger partial charge on any atom is -0.466 e. The van der Waals surface area contributed by atoms with Crippen LogP contribution in [0.4, 0.5) is 0 Å². The van der Waals surface area contributed by atoms with Gasteiger partial charge in [-0.2, -0.15) is 10.2 Å². The van der Waals surface area contributed by atoms with Crippen LogP contribution >= 0.6 is 0 Å². The van der Waals surface area contributed by atoms with Crippen LogP contribution in [-0.2, 0) is 9.53 Å². The fourth-order valence-corrected chi connectivity index (χ4v) is 1.25. The quantitative estimate of drug-likeness (QED) is 0.622. The largest absolute Gasteiger partial charge is 0.466 e. The number of aromatic nitrogens is 2. The minimum atomic E-state index is -0.457. The number of carbonyl (C=O) groups excluding carboxylic acids is 2. The topological polar surface area (TPSA) is 81.2 Å². The maximum atomic E-state index is 11.8. The van der Waals surface area contributed by atoms with Crippen molar-refractivity contribution in [3.63, 3.8) is 0 Å². The van der Waals surface area contributed by atoms with Crippen molar-refractivity contribution in [1.82, 2.24) is 15.5 Å². The van der Waals surface area contributed by atoms with E-state index >= 15 is 0 Å². The van der Waals surface area contributed by atoms with Crippen molar-refractivity contribution < 1.29 is 14.3 Å². The standard InChI is InChI=1S/C12H15N3O3/c1-8-7-10(9(2)15-14-8)12(17)13-6-4-5-11(16)18-3/h4-5,7H,6H2,1-3H3,(H,13,17)/b5-4+. The van der Waals surface area contributed by atoms with Gasteiger partial charge in [-0.3, -0.25) is 4.79 Å². The molecule has 0 atom stereocenters. The lowest BCUT2D eigenvalue weighted by Crippen LogP contribution is -2.25. The first-order chi connectivity index (χ1) is 8.54.